The van der Waals surface area contributed by atoms with Crippen molar-refractivity contribution in [1.82, 2.24) is 9.21 Å². The normalized spacial score (nSPS) is 21.7. The maximum Gasteiger partial charge on any atom is 0.243 e. The smallest absolute Gasteiger partial charge is 0.243 e. The van der Waals surface area contributed by atoms with Gasteiger partial charge >= 0.3 is 0 Å². The van der Waals surface area contributed by atoms with Crippen molar-refractivity contribution in [2.75, 3.05) is 44.0 Å². The van der Waals surface area contributed by atoms with E-state index >= 15 is 0 Å². The van der Waals surface area contributed by atoms with Crippen molar-refractivity contribution >= 4 is 33.4 Å². The lowest BCUT2D eigenvalue weighted by Crippen LogP contribution is -2.48. The van der Waals surface area contributed by atoms with Crippen molar-refractivity contribution in [3.8, 4) is 11.5 Å². The van der Waals surface area contributed by atoms with Gasteiger partial charge in [-0.05, 0) is 35.9 Å². The maximum absolute atomic E-state index is 13.3. The zero-order valence-corrected chi connectivity index (χ0v) is 19.4. The number of ether oxygens (including phenoxy) is 2. The number of thioether (sulfide) groups is 1. The van der Waals surface area contributed by atoms with E-state index in [1.54, 1.807) is 30.0 Å². The van der Waals surface area contributed by atoms with Crippen LogP contribution in [0.2, 0.25) is 0 Å². The lowest BCUT2D eigenvalue weighted by molar-refractivity contribution is -0.118. The van der Waals surface area contributed by atoms with E-state index in [2.05, 4.69) is 10.2 Å². The third-order valence-corrected chi connectivity index (χ3v) is 9.19. The molecule has 32 heavy (non-hydrogen) atoms. The van der Waals surface area contributed by atoms with Crippen LogP contribution < -0.4 is 14.8 Å². The van der Waals surface area contributed by atoms with Gasteiger partial charge in [0.25, 0.3) is 0 Å². The lowest BCUT2D eigenvalue weighted by Gasteiger charge is -2.34. The number of nitrogens with one attached hydrogen (secondary N) is 1. The quantitative estimate of drug-likeness (QED) is 0.727. The molecule has 1 fully saturated rings. The summed E-state index contributed by atoms with van der Waals surface area (Å²) in [6.07, 6.45) is 0. The van der Waals surface area contributed by atoms with E-state index < -0.39 is 10.0 Å². The molecule has 0 saturated carbocycles. The van der Waals surface area contributed by atoms with E-state index in [1.165, 1.54) is 4.31 Å². The fraction of sp³-hybridized carbons (Fsp3) is 0.409. The zero-order chi connectivity index (χ0) is 22.3. The second-order valence-electron chi connectivity index (χ2n) is 8.23. The first-order valence-corrected chi connectivity index (χ1v) is 13.0. The number of hydrogen-bond donors (Lipinski definition) is 1. The van der Waals surface area contributed by atoms with Gasteiger partial charge in [-0.25, -0.2) is 8.42 Å². The van der Waals surface area contributed by atoms with Crippen molar-refractivity contribution in [1.29, 1.82) is 0 Å². The molecule has 3 heterocycles. The molecule has 0 bridgehead atoms. The third-order valence-electron chi connectivity index (χ3n) is 5.96. The molecule has 10 heteroatoms. The minimum absolute atomic E-state index is 0.0806. The van der Waals surface area contributed by atoms with Crippen molar-refractivity contribution in [3.63, 3.8) is 0 Å². The summed E-state index contributed by atoms with van der Waals surface area (Å²) in [6.45, 7) is 4.97. The van der Waals surface area contributed by atoms with Crippen molar-refractivity contribution in [3.05, 3.63) is 42.0 Å². The van der Waals surface area contributed by atoms with Crippen LogP contribution in [0.5, 0.6) is 11.5 Å². The molecule has 1 amide bonds. The van der Waals surface area contributed by atoms with Crippen LogP contribution in [-0.2, 0) is 21.4 Å². The summed E-state index contributed by atoms with van der Waals surface area (Å²) < 4.78 is 38.8. The number of benzene rings is 2. The standard InChI is InChI=1S/C22H25N3O5S2/c1-15-13-31-21-5-3-17(11-18(21)23-22(15)26)32(27,28)25-8-6-24(7-9-25)12-16-2-4-19-20(10-16)30-14-29-19/h2-5,10-11,15H,6-9,12-14H2,1H3,(H,23,26). The van der Waals surface area contributed by atoms with Crippen LogP contribution in [0.25, 0.3) is 0 Å². The van der Waals surface area contributed by atoms with Crippen LogP contribution in [-0.4, -0.2) is 62.3 Å². The monoisotopic (exact) mass is 475 g/mol. The van der Waals surface area contributed by atoms with E-state index in [0.717, 1.165) is 28.5 Å². The fourth-order valence-corrected chi connectivity index (χ4v) is 6.47. The van der Waals surface area contributed by atoms with Crippen LogP contribution in [0.15, 0.2) is 46.2 Å². The fourth-order valence-electron chi connectivity index (χ4n) is 4.01. The summed E-state index contributed by atoms with van der Waals surface area (Å²) in [5.41, 5.74) is 1.69. The Hall–Kier alpha value is -2.27. The number of sulfonamides is 1. The van der Waals surface area contributed by atoms with Crippen molar-refractivity contribution < 1.29 is 22.7 Å². The van der Waals surface area contributed by atoms with E-state index in [1.807, 2.05) is 25.1 Å². The molecule has 5 rings (SSSR count). The SMILES string of the molecule is CC1CSc2ccc(S(=O)(=O)N3CCN(Cc4ccc5c(c4)OCO5)CC3)cc2NC1=O. The van der Waals surface area contributed by atoms with Gasteiger partial charge in [0.05, 0.1) is 10.6 Å². The van der Waals surface area contributed by atoms with Crippen molar-refractivity contribution in [2.24, 2.45) is 5.92 Å². The number of nitrogens with zero attached hydrogens (tertiary/aromatic N) is 2. The first kappa shape index (κ1) is 21.6. The van der Waals surface area contributed by atoms with Gasteiger partial charge in [-0.1, -0.05) is 13.0 Å². The summed E-state index contributed by atoms with van der Waals surface area (Å²) in [5.74, 6) is 1.99. The Labute approximate surface area is 191 Å². The highest BCUT2D eigenvalue weighted by molar-refractivity contribution is 7.99. The number of carbonyl (C=O) groups is 1. The Morgan fingerprint density at radius 3 is 2.66 bits per heavy atom. The lowest BCUT2D eigenvalue weighted by atomic mass is 10.2. The minimum Gasteiger partial charge on any atom is -0.454 e. The molecule has 1 saturated heterocycles. The van der Waals surface area contributed by atoms with Gasteiger partial charge < -0.3 is 14.8 Å². The summed E-state index contributed by atoms with van der Waals surface area (Å²) in [5, 5.41) is 2.87. The van der Waals surface area contributed by atoms with E-state index in [9.17, 15) is 13.2 Å². The van der Waals surface area contributed by atoms with Crippen LogP contribution in [0.4, 0.5) is 5.69 Å². The Kier molecular flexibility index (Phi) is 5.79. The van der Waals surface area contributed by atoms with Crippen molar-refractivity contribution in [2.45, 2.75) is 23.3 Å². The maximum atomic E-state index is 13.3. The summed E-state index contributed by atoms with van der Waals surface area (Å²) in [4.78, 5) is 15.5. The van der Waals surface area contributed by atoms with Gasteiger partial charge in [0.15, 0.2) is 11.5 Å². The Bertz CT molecular complexity index is 1150. The molecule has 1 unspecified atom stereocenters. The van der Waals surface area contributed by atoms with Gasteiger partial charge in [-0.15, -0.1) is 11.8 Å². The Balaban J connectivity index is 1.25. The molecule has 0 radical (unpaired) electrons. The molecule has 1 N–H and O–H groups in total. The van der Waals surface area contributed by atoms with Gasteiger partial charge in [0.2, 0.25) is 22.7 Å². The number of carbonyl (C=O) groups excluding carboxylic acids is 1. The molecule has 170 valence electrons. The Morgan fingerprint density at radius 2 is 1.84 bits per heavy atom. The second-order valence-corrected chi connectivity index (χ2v) is 11.2. The van der Waals surface area contributed by atoms with Gasteiger partial charge in [0, 0.05) is 49.3 Å². The number of hydrogen-bond acceptors (Lipinski definition) is 7. The van der Waals surface area contributed by atoms with Crippen LogP contribution in [0, 0.1) is 5.92 Å². The molecule has 0 aliphatic carbocycles. The average molecular weight is 476 g/mol. The molecule has 8 nitrogen and oxygen atoms in total. The molecule has 3 aliphatic heterocycles. The van der Waals surface area contributed by atoms with Crippen LogP contribution >= 0.6 is 11.8 Å². The summed E-state index contributed by atoms with van der Waals surface area (Å²) in [7, 11) is -3.63. The predicted octanol–water partition coefficient (Wildman–Crippen LogP) is 2.60. The molecular formula is C22H25N3O5S2. The van der Waals surface area contributed by atoms with E-state index in [0.29, 0.717) is 37.6 Å². The highest BCUT2D eigenvalue weighted by atomic mass is 32.2. The average Bonchev–Trinajstić information content (AvgIpc) is 3.20. The van der Waals surface area contributed by atoms with Gasteiger partial charge in [0.1, 0.15) is 0 Å². The summed E-state index contributed by atoms with van der Waals surface area (Å²) >= 11 is 1.57. The molecule has 2 aromatic carbocycles. The molecule has 0 aromatic heterocycles. The molecule has 0 spiro atoms. The van der Waals surface area contributed by atoms with E-state index in [-0.39, 0.29) is 23.5 Å². The minimum atomic E-state index is -3.63. The molecule has 3 aliphatic rings. The largest absolute Gasteiger partial charge is 0.454 e. The van der Waals surface area contributed by atoms with Gasteiger partial charge in [-0.2, -0.15) is 4.31 Å². The zero-order valence-electron chi connectivity index (χ0n) is 17.7. The molecular weight excluding hydrogens is 450 g/mol. The second kappa shape index (κ2) is 8.58. The number of fused-ring (bicyclic) bond motifs is 2. The highest BCUT2D eigenvalue weighted by Gasteiger charge is 2.30. The first-order valence-electron chi connectivity index (χ1n) is 10.6. The predicted molar refractivity (Wildman–Crippen MR) is 122 cm³/mol. The topological polar surface area (TPSA) is 88.2 Å². The Morgan fingerprint density at radius 1 is 1.06 bits per heavy atom. The summed E-state index contributed by atoms with van der Waals surface area (Å²) in [6, 6.07) is 10.9. The number of rotatable bonds is 4. The van der Waals surface area contributed by atoms with E-state index in [4.69, 9.17) is 9.47 Å². The number of piperazine rings is 1. The number of amides is 1. The highest BCUT2D eigenvalue weighted by Crippen LogP contribution is 2.35. The van der Waals surface area contributed by atoms with Crippen LogP contribution in [0.3, 0.4) is 0 Å². The van der Waals surface area contributed by atoms with Crippen LogP contribution in [0.1, 0.15) is 12.5 Å². The number of anilines is 1. The molecule has 2 aromatic rings. The van der Waals surface area contributed by atoms with Gasteiger partial charge in [-0.3, -0.25) is 9.69 Å². The third kappa shape index (κ3) is 4.19. The first-order chi connectivity index (χ1) is 15.4. The molecule has 1 atom stereocenters.